The zero-order valence-corrected chi connectivity index (χ0v) is 21.9. The lowest BCUT2D eigenvalue weighted by molar-refractivity contribution is -0.147. The molecule has 0 saturated heterocycles. The van der Waals surface area contributed by atoms with Gasteiger partial charge >= 0.3 is 17.9 Å². The first-order valence-electron chi connectivity index (χ1n) is 12.5. The molecule has 4 unspecified atom stereocenters. The van der Waals surface area contributed by atoms with Crippen molar-refractivity contribution in [2.75, 3.05) is 0 Å². The van der Waals surface area contributed by atoms with Gasteiger partial charge in [0.1, 0.15) is 23.9 Å². The van der Waals surface area contributed by atoms with Crippen LogP contribution in [0.1, 0.15) is 30.4 Å². The van der Waals surface area contributed by atoms with Crippen LogP contribution in [0.15, 0.2) is 54.6 Å². The van der Waals surface area contributed by atoms with Crippen molar-refractivity contribution in [1.82, 2.24) is 16.0 Å². The van der Waals surface area contributed by atoms with E-state index in [1.807, 2.05) is 0 Å². The van der Waals surface area contributed by atoms with Crippen molar-refractivity contribution in [3.05, 3.63) is 65.7 Å². The fourth-order valence-corrected chi connectivity index (χ4v) is 3.74. The van der Waals surface area contributed by atoms with Crippen LogP contribution in [-0.4, -0.2) is 80.2 Å². The number of carboxylic acids is 3. The van der Waals surface area contributed by atoms with Crippen molar-refractivity contribution < 1.29 is 49.2 Å². The Morgan fingerprint density at radius 1 is 0.659 bits per heavy atom. The number of carbonyl (C=O) groups excluding carboxylic acids is 3. The molecule has 2 rings (SSSR count). The molecule has 0 spiro atoms. The Bertz CT molecular complexity index is 1240. The van der Waals surface area contributed by atoms with Crippen LogP contribution < -0.4 is 21.7 Å². The number of rotatable bonds is 16. The van der Waals surface area contributed by atoms with Crippen molar-refractivity contribution in [3.63, 3.8) is 0 Å². The van der Waals surface area contributed by atoms with E-state index in [0.717, 1.165) is 0 Å². The van der Waals surface area contributed by atoms with Gasteiger partial charge in [-0.2, -0.15) is 0 Å². The molecular formula is C27H32N4O10. The van der Waals surface area contributed by atoms with Crippen molar-refractivity contribution in [1.29, 1.82) is 0 Å². The van der Waals surface area contributed by atoms with Gasteiger partial charge in [-0.05, 0) is 29.7 Å². The number of benzene rings is 2. The van der Waals surface area contributed by atoms with E-state index in [-0.39, 0.29) is 31.4 Å². The van der Waals surface area contributed by atoms with Gasteiger partial charge in [0.15, 0.2) is 0 Å². The average molecular weight is 573 g/mol. The highest BCUT2D eigenvalue weighted by Crippen LogP contribution is 2.13. The van der Waals surface area contributed by atoms with E-state index in [1.165, 1.54) is 24.3 Å². The molecule has 9 N–H and O–H groups in total. The molecule has 0 aliphatic heterocycles. The standard InChI is InChI=1S/C27H32N4O10/c28-18(10-11-22(33)34)24(37)29-19(13-16-6-8-17(32)9-7-16)25(38)30-20(12-15-4-2-1-3-5-15)26(39)31-21(27(40)41)14-23(35)36/h1-9,18-21,32H,10-14,28H2,(H,29,37)(H,30,38)(H,31,39)(H,33,34)(H,35,36)(H,40,41). The molecule has 0 aliphatic rings. The molecule has 2 aromatic rings. The van der Waals surface area contributed by atoms with E-state index in [9.17, 15) is 39.0 Å². The smallest absolute Gasteiger partial charge is 0.326 e. The number of hydrogen-bond donors (Lipinski definition) is 8. The number of carbonyl (C=O) groups is 6. The summed E-state index contributed by atoms with van der Waals surface area (Å²) in [7, 11) is 0. The van der Waals surface area contributed by atoms with E-state index in [0.29, 0.717) is 11.1 Å². The molecule has 41 heavy (non-hydrogen) atoms. The predicted octanol–water partition coefficient (Wildman–Crippen LogP) is -0.617. The maximum atomic E-state index is 13.4. The van der Waals surface area contributed by atoms with E-state index >= 15 is 0 Å². The summed E-state index contributed by atoms with van der Waals surface area (Å²) in [6.07, 6.45) is -1.70. The molecule has 2 aromatic carbocycles. The minimum Gasteiger partial charge on any atom is -0.508 e. The van der Waals surface area contributed by atoms with Crippen molar-refractivity contribution in [2.24, 2.45) is 5.73 Å². The van der Waals surface area contributed by atoms with Crippen LogP contribution in [0, 0.1) is 0 Å². The molecule has 0 saturated carbocycles. The van der Waals surface area contributed by atoms with E-state index < -0.39 is 66.2 Å². The summed E-state index contributed by atoms with van der Waals surface area (Å²) in [5, 5.41) is 43.9. The third-order valence-corrected chi connectivity index (χ3v) is 5.92. The van der Waals surface area contributed by atoms with Crippen LogP contribution in [0.3, 0.4) is 0 Å². The monoisotopic (exact) mass is 572 g/mol. The third-order valence-electron chi connectivity index (χ3n) is 5.92. The number of phenols is 1. The van der Waals surface area contributed by atoms with Crippen molar-refractivity contribution in [3.8, 4) is 5.75 Å². The Morgan fingerprint density at radius 3 is 1.63 bits per heavy atom. The molecule has 4 atom stereocenters. The number of carboxylic acid groups (broad SMARTS) is 3. The van der Waals surface area contributed by atoms with E-state index in [2.05, 4.69) is 16.0 Å². The van der Waals surface area contributed by atoms with Crippen LogP contribution in [0.25, 0.3) is 0 Å². The minimum atomic E-state index is -1.77. The van der Waals surface area contributed by atoms with Crippen molar-refractivity contribution >= 4 is 35.6 Å². The maximum Gasteiger partial charge on any atom is 0.326 e. The fraction of sp³-hybridized carbons (Fsp3) is 0.333. The lowest BCUT2D eigenvalue weighted by Gasteiger charge is -2.25. The second-order valence-electron chi connectivity index (χ2n) is 9.22. The molecule has 14 nitrogen and oxygen atoms in total. The highest BCUT2D eigenvalue weighted by atomic mass is 16.4. The largest absolute Gasteiger partial charge is 0.508 e. The summed E-state index contributed by atoms with van der Waals surface area (Å²) < 4.78 is 0. The first-order chi connectivity index (χ1) is 19.3. The van der Waals surface area contributed by atoms with Gasteiger partial charge in [0.2, 0.25) is 17.7 Å². The zero-order chi connectivity index (χ0) is 30.5. The molecule has 220 valence electrons. The quantitative estimate of drug-likeness (QED) is 0.126. The second kappa shape index (κ2) is 15.6. The van der Waals surface area contributed by atoms with Crippen LogP contribution in [0.5, 0.6) is 5.75 Å². The molecule has 0 fully saturated rings. The number of aromatic hydroxyl groups is 1. The lowest BCUT2D eigenvalue weighted by atomic mass is 10.0. The van der Waals surface area contributed by atoms with Gasteiger partial charge in [-0.15, -0.1) is 0 Å². The van der Waals surface area contributed by atoms with Gasteiger partial charge < -0.3 is 42.1 Å². The molecule has 0 radical (unpaired) electrons. The Hall–Kier alpha value is -4.98. The molecule has 0 aromatic heterocycles. The van der Waals surface area contributed by atoms with Crippen LogP contribution >= 0.6 is 0 Å². The normalized spacial score (nSPS) is 13.6. The second-order valence-corrected chi connectivity index (χ2v) is 9.22. The van der Waals surface area contributed by atoms with Gasteiger partial charge in [-0.25, -0.2) is 4.79 Å². The SMILES string of the molecule is NC(CCC(=O)O)C(=O)NC(Cc1ccc(O)cc1)C(=O)NC(Cc1ccccc1)C(=O)NC(CC(=O)O)C(=O)O. The molecule has 14 heteroatoms. The van der Waals surface area contributed by atoms with Gasteiger partial charge in [-0.3, -0.25) is 24.0 Å². The highest BCUT2D eigenvalue weighted by Gasteiger charge is 2.31. The van der Waals surface area contributed by atoms with Crippen molar-refractivity contribution in [2.45, 2.75) is 56.3 Å². The molecule has 0 aliphatic carbocycles. The molecule has 3 amide bonds. The average Bonchev–Trinajstić information content (AvgIpc) is 2.91. The van der Waals surface area contributed by atoms with Gasteiger partial charge in [0.05, 0.1) is 12.5 Å². The van der Waals surface area contributed by atoms with E-state index in [1.54, 1.807) is 30.3 Å². The maximum absolute atomic E-state index is 13.4. The van der Waals surface area contributed by atoms with Crippen LogP contribution in [0.4, 0.5) is 0 Å². The van der Waals surface area contributed by atoms with Gasteiger partial charge in [0, 0.05) is 19.3 Å². The zero-order valence-electron chi connectivity index (χ0n) is 21.9. The summed E-state index contributed by atoms with van der Waals surface area (Å²) in [6, 6.07) is 8.44. The first-order valence-corrected chi connectivity index (χ1v) is 12.5. The number of phenolic OH excluding ortho intramolecular Hbond substituents is 1. The summed E-state index contributed by atoms with van der Waals surface area (Å²) in [6.45, 7) is 0. The topological polar surface area (TPSA) is 245 Å². The van der Waals surface area contributed by atoms with Gasteiger partial charge in [0.25, 0.3) is 0 Å². The van der Waals surface area contributed by atoms with Gasteiger partial charge in [-0.1, -0.05) is 42.5 Å². The summed E-state index contributed by atoms with van der Waals surface area (Å²) in [5.41, 5.74) is 6.90. The Balaban J connectivity index is 2.32. The number of amides is 3. The molecule has 0 heterocycles. The Labute approximate surface area is 234 Å². The first kappa shape index (κ1) is 32.2. The number of nitrogens with two attached hydrogens (primary N) is 1. The summed E-state index contributed by atoms with van der Waals surface area (Å²) in [4.78, 5) is 72.7. The highest BCUT2D eigenvalue weighted by molar-refractivity contribution is 5.95. The van der Waals surface area contributed by atoms with E-state index in [4.69, 9.17) is 15.9 Å². The predicted molar refractivity (Wildman–Crippen MR) is 142 cm³/mol. The summed E-state index contributed by atoms with van der Waals surface area (Å²) in [5.74, 6) is -6.88. The Kier molecular flexibility index (Phi) is 12.2. The third kappa shape index (κ3) is 11.3. The molecular weight excluding hydrogens is 540 g/mol. The van der Waals surface area contributed by atoms with Crippen LogP contribution in [-0.2, 0) is 41.6 Å². The van der Waals surface area contributed by atoms with Crippen LogP contribution in [0.2, 0.25) is 0 Å². The number of aliphatic carboxylic acids is 3. The minimum absolute atomic E-state index is 0.0385. The number of nitrogens with one attached hydrogen (secondary N) is 3. The summed E-state index contributed by atoms with van der Waals surface area (Å²) >= 11 is 0. The molecule has 0 bridgehead atoms. The Morgan fingerprint density at radius 2 is 1.15 bits per heavy atom. The lowest BCUT2D eigenvalue weighted by Crippen LogP contribution is -2.58. The number of hydrogen-bond acceptors (Lipinski definition) is 8. The fourth-order valence-electron chi connectivity index (χ4n) is 3.74.